The van der Waals surface area contributed by atoms with Crippen molar-refractivity contribution in [3.05, 3.63) is 35.5 Å². The number of fused-ring (bicyclic) bond motifs is 3. The standard InChI is InChI=1S/C13H12N2O.C2H6/c1-7-5-9-11-8(2)3-4-10(16)12(11)15-13(9)14-6-7;1-2/h3-6,16H,1-2H3,(H,14,15);1-2H3. The van der Waals surface area contributed by atoms with Gasteiger partial charge in [-0.15, -0.1) is 0 Å². The van der Waals surface area contributed by atoms with Gasteiger partial charge in [0.1, 0.15) is 11.4 Å². The van der Waals surface area contributed by atoms with Gasteiger partial charge < -0.3 is 10.1 Å². The number of hydrogen-bond acceptors (Lipinski definition) is 2. The molecule has 2 aromatic heterocycles. The first-order chi connectivity index (χ1) is 8.66. The summed E-state index contributed by atoms with van der Waals surface area (Å²) in [5, 5.41) is 11.9. The third kappa shape index (κ3) is 1.82. The number of pyridine rings is 1. The Bertz CT molecular complexity index is 698. The molecule has 0 aliphatic carbocycles. The van der Waals surface area contributed by atoms with Crippen LogP contribution in [0.4, 0.5) is 0 Å². The summed E-state index contributed by atoms with van der Waals surface area (Å²) in [7, 11) is 0. The highest BCUT2D eigenvalue weighted by Crippen LogP contribution is 2.32. The Morgan fingerprint density at radius 1 is 1.17 bits per heavy atom. The fraction of sp³-hybridized carbons (Fsp3) is 0.267. The Balaban J connectivity index is 0.000000574. The third-order valence-electron chi connectivity index (χ3n) is 2.93. The topological polar surface area (TPSA) is 48.9 Å². The van der Waals surface area contributed by atoms with Gasteiger partial charge >= 0.3 is 0 Å². The summed E-state index contributed by atoms with van der Waals surface area (Å²) in [4.78, 5) is 7.49. The van der Waals surface area contributed by atoms with E-state index in [1.807, 2.05) is 40.0 Å². The molecular formula is C15H18N2O. The van der Waals surface area contributed by atoms with Crippen LogP contribution in [0, 0.1) is 13.8 Å². The minimum absolute atomic E-state index is 0.274. The lowest BCUT2D eigenvalue weighted by atomic mass is 10.1. The van der Waals surface area contributed by atoms with Crippen LogP contribution in [-0.4, -0.2) is 15.1 Å². The number of rotatable bonds is 0. The average Bonchev–Trinajstić information content (AvgIpc) is 2.76. The first-order valence-corrected chi connectivity index (χ1v) is 6.23. The molecule has 0 radical (unpaired) electrons. The van der Waals surface area contributed by atoms with E-state index in [-0.39, 0.29) is 5.75 Å². The lowest BCUT2D eigenvalue weighted by Crippen LogP contribution is -1.78. The number of aromatic hydroxyl groups is 1. The van der Waals surface area contributed by atoms with Crippen LogP contribution in [0.25, 0.3) is 21.9 Å². The van der Waals surface area contributed by atoms with Crippen molar-refractivity contribution in [3.63, 3.8) is 0 Å². The van der Waals surface area contributed by atoms with Crippen molar-refractivity contribution < 1.29 is 5.11 Å². The Morgan fingerprint density at radius 2 is 1.89 bits per heavy atom. The number of phenols is 1. The quantitative estimate of drug-likeness (QED) is 0.624. The Kier molecular flexibility index (Phi) is 3.24. The van der Waals surface area contributed by atoms with Crippen LogP contribution in [0.3, 0.4) is 0 Å². The molecule has 0 aliphatic heterocycles. The molecule has 0 amide bonds. The summed E-state index contributed by atoms with van der Waals surface area (Å²) in [6.07, 6.45) is 1.82. The molecule has 2 N–H and O–H groups in total. The molecule has 0 unspecified atom stereocenters. The van der Waals surface area contributed by atoms with E-state index in [1.165, 1.54) is 0 Å². The van der Waals surface area contributed by atoms with Crippen molar-refractivity contribution >= 4 is 21.9 Å². The smallest absolute Gasteiger partial charge is 0.139 e. The van der Waals surface area contributed by atoms with Crippen LogP contribution >= 0.6 is 0 Å². The minimum atomic E-state index is 0.274. The number of aromatic amines is 1. The van der Waals surface area contributed by atoms with Crippen LogP contribution < -0.4 is 0 Å². The SMILES string of the molecule is CC.Cc1cnc2[nH]c3c(O)ccc(C)c3c2c1. The maximum absolute atomic E-state index is 9.81. The van der Waals surface area contributed by atoms with Gasteiger partial charge in [0.05, 0.1) is 5.52 Å². The fourth-order valence-corrected chi connectivity index (χ4v) is 2.15. The zero-order valence-electron chi connectivity index (χ0n) is 11.2. The fourth-order valence-electron chi connectivity index (χ4n) is 2.15. The van der Waals surface area contributed by atoms with Crippen LogP contribution in [0.5, 0.6) is 5.75 Å². The number of benzene rings is 1. The monoisotopic (exact) mass is 242 g/mol. The molecule has 0 saturated heterocycles. The van der Waals surface area contributed by atoms with E-state index >= 15 is 0 Å². The molecule has 3 rings (SSSR count). The van der Waals surface area contributed by atoms with Crippen molar-refractivity contribution in [2.75, 3.05) is 0 Å². The summed E-state index contributed by atoms with van der Waals surface area (Å²) < 4.78 is 0. The molecule has 3 nitrogen and oxygen atoms in total. The van der Waals surface area contributed by atoms with E-state index in [1.54, 1.807) is 6.07 Å². The van der Waals surface area contributed by atoms with E-state index in [0.29, 0.717) is 0 Å². The largest absolute Gasteiger partial charge is 0.506 e. The maximum atomic E-state index is 9.81. The van der Waals surface area contributed by atoms with Crippen molar-refractivity contribution in [1.82, 2.24) is 9.97 Å². The highest BCUT2D eigenvalue weighted by Gasteiger charge is 2.10. The second-order valence-corrected chi connectivity index (χ2v) is 4.19. The lowest BCUT2D eigenvalue weighted by Gasteiger charge is -1.99. The summed E-state index contributed by atoms with van der Waals surface area (Å²) in [6, 6.07) is 5.72. The normalized spacial score (nSPS) is 10.4. The molecule has 0 saturated carbocycles. The first-order valence-electron chi connectivity index (χ1n) is 6.23. The number of phenolic OH excluding ortho intramolecular Hbond substituents is 1. The zero-order chi connectivity index (χ0) is 13.3. The van der Waals surface area contributed by atoms with Gasteiger partial charge in [-0.3, -0.25) is 0 Å². The number of nitrogens with zero attached hydrogens (tertiary/aromatic N) is 1. The van der Waals surface area contributed by atoms with Gasteiger partial charge in [-0.05, 0) is 37.1 Å². The predicted octanol–water partition coefficient (Wildman–Crippen LogP) is 4.06. The molecule has 0 bridgehead atoms. The maximum Gasteiger partial charge on any atom is 0.139 e. The number of hydrogen-bond donors (Lipinski definition) is 2. The van der Waals surface area contributed by atoms with Gasteiger partial charge in [-0.2, -0.15) is 0 Å². The Labute approximate surface area is 106 Å². The number of aromatic nitrogens is 2. The molecule has 1 aromatic carbocycles. The highest BCUT2D eigenvalue weighted by atomic mass is 16.3. The van der Waals surface area contributed by atoms with Gasteiger partial charge in [0.25, 0.3) is 0 Å². The van der Waals surface area contributed by atoms with Gasteiger partial charge in [0.15, 0.2) is 0 Å². The first kappa shape index (κ1) is 12.4. The van der Waals surface area contributed by atoms with Gasteiger partial charge in [-0.1, -0.05) is 19.9 Å². The molecule has 0 atom stereocenters. The second kappa shape index (κ2) is 4.69. The molecule has 0 fully saturated rings. The molecule has 18 heavy (non-hydrogen) atoms. The third-order valence-corrected chi connectivity index (χ3v) is 2.93. The zero-order valence-corrected chi connectivity index (χ0v) is 11.2. The summed E-state index contributed by atoms with van der Waals surface area (Å²) in [5.41, 5.74) is 3.86. The van der Waals surface area contributed by atoms with E-state index in [0.717, 1.165) is 33.1 Å². The van der Waals surface area contributed by atoms with E-state index in [4.69, 9.17) is 0 Å². The van der Waals surface area contributed by atoms with Gasteiger partial charge in [-0.25, -0.2) is 4.98 Å². The molecule has 3 heteroatoms. The minimum Gasteiger partial charge on any atom is -0.506 e. The number of H-pyrrole nitrogens is 1. The van der Waals surface area contributed by atoms with E-state index in [2.05, 4.69) is 16.0 Å². The predicted molar refractivity (Wildman–Crippen MR) is 76.1 cm³/mol. The molecule has 0 aliphatic rings. The van der Waals surface area contributed by atoms with Gasteiger partial charge in [0, 0.05) is 17.0 Å². The van der Waals surface area contributed by atoms with Crippen molar-refractivity contribution in [2.24, 2.45) is 0 Å². The van der Waals surface area contributed by atoms with Crippen molar-refractivity contribution in [3.8, 4) is 5.75 Å². The summed E-state index contributed by atoms with van der Waals surface area (Å²) >= 11 is 0. The van der Waals surface area contributed by atoms with E-state index < -0.39 is 0 Å². The van der Waals surface area contributed by atoms with Crippen molar-refractivity contribution in [1.29, 1.82) is 0 Å². The molecule has 94 valence electrons. The van der Waals surface area contributed by atoms with Crippen molar-refractivity contribution in [2.45, 2.75) is 27.7 Å². The summed E-state index contributed by atoms with van der Waals surface area (Å²) in [6.45, 7) is 8.06. The number of aryl methyl sites for hydroxylation is 2. The lowest BCUT2D eigenvalue weighted by molar-refractivity contribution is 0.480. The van der Waals surface area contributed by atoms with Crippen LogP contribution in [0.2, 0.25) is 0 Å². The molecule has 2 heterocycles. The second-order valence-electron chi connectivity index (χ2n) is 4.19. The molecule has 3 aromatic rings. The molecule has 0 spiro atoms. The summed E-state index contributed by atoms with van der Waals surface area (Å²) in [5.74, 6) is 0.274. The van der Waals surface area contributed by atoms with Crippen LogP contribution in [0.1, 0.15) is 25.0 Å². The molecular weight excluding hydrogens is 224 g/mol. The Hall–Kier alpha value is -2.03. The Morgan fingerprint density at radius 3 is 2.61 bits per heavy atom. The van der Waals surface area contributed by atoms with Crippen LogP contribution in [0.15, 0.2) is 24.4 Å². The van der Waals surface area contributed by atoms with Gasteiger partial charge in [0.2, 0.25) is 0 Å². The number of nitrogens with one attached hydrogen (secondary N) is 1. The van der Waals surface area contributed by atoms with Crippen LogP contribution in [-0.2, 0) is 0 Å². The average molecular weight is 242 g/mol. The highest BCUT2D eigenvalue weighted by molar-refractivity contribution is 6.09. The van der Waals surface area contributed by atoms with E-state index in [9.17, 15) is 5.11 Å².